The SMILES string of the molecule is CC(C)c1ccc(NC(=O)[C@H]2CC=CCC2)cc1. The first-order chi connectivity index (χ1) is 8.66. The van der Waals surface area contributed by atoms with Gasteiger partial charge in [-0.25, -0.2) is 0 Å². The molecule has 0 unspecified atom stereocenters. The minimum absolute atomic E-state index is 0.139. The number of carbonyl (C=O) groups excluding carboxylic acids is 1. The molecule has 2 nitrogen and oxygen atoms in total. The van der Waals surface area contributed by atoms with Gasteiger partial charge in [0.1, 0.15) is 0 Å². The maximum atomic E-state index is 12.0. The van der Waals surface area contributed by atoms with Crippen LogP contribution in [0.15, 0.2) is 36.4 Å². The fourth-order valence-corrected chi connectivity index (χ4v) is 2.23. The topological polar surface area (TPSA) is 29.1 Å². The Balaban J connectivity index is 1.96. The third-order valence-corrected chi connectivity index (χ3v) is 3.48. The van der Waals surface area contributed by atoms with Crippen LogP contribution in [-0.2, 0) is 4.79 Å². The molecule has 1 atom stereocenters. The Hall–Kier alpha value is -1.57. The van der Waals surface area contributed by atoms with Crippen LogP contribution in [0.5, 0.6) is 0 Å². The van der Waals surface area contributed by atoms with E-state index in [1.54, 1.807) is 0 Å². The van der Waals surface area contributed by atoms with Crippen LogP contribution in [-0.4, -0.2) is 5.91 Å². The van der Waals surface area contributed by atoms with Crippen LogP contribution >= 0.6 is 0 Å². The maximum Gasteiger partial charge on any atom is 0.227 e. The van der Waals surface area contributed by atoms with Crippen LogP contribution < -0.4 is 5.32 Å². The molecule has 0 aromatic heterocycles. The van der Waals surface area contributed by atoms with Crippen LogP contribution in [0, 0.1) is 5.92 Å². The van der Waals surface area contributed by atoms with Gasteiger partial charge in [-0.3, -0.25) is 4.79 Å². The summed E-state index contributed by atoms with van der Waals surface area (Å²) in [7, 11) is 0. The van der Waals surface area contributed by atoms with Gasteiger partial charge in [0.2, 0.25) is 5.91 Å². The molecule has 0 radical (unpaired) electrons. The van der Waals surface area contributed by atoms with Crippen molar-refractivity contribution in [2.45, 2.75) is 39.0 Å². The molecule has 0 aliphatic heterocycles. The van der Waals surface area contributed by atoms with E-state index in [9.17, 15) is 4.79 Å². The van der Waals surface area contributed by atoms with E-state index in [1.807, 2.05) is 12.1 Å². The molecule has 1 aromatic carbocycles. The molecule has 1 aliphatic carbocycles. The van der Waals surface area contributed by atoms with E-state index in [1.165, 1.54) is 5.56 Å². The molecule has 1 N–H and O–H groups in total. The van der Waals surface area contributed by atoms with E-state index in [-0.39, 0.29) is 11.8 Å². The van der Waals surface area contributed by atoms with Crippen molar-refractivity contribution in [3.63, 3.8) is 0 Å². The van der Waals surface area contributed by atoms with Crippen molar-refractivity contribution >= 4 is 11.6 Å². The predicted octanol–water partition coefficient (Wildman–Crippen LogP) is 4.10. The minimum atomic E-state index is 0.139. The van der Waals surface area contributed by atoms with Crippen LogP contribution in [0.3, 0.4) is 0 Å². The molecule has 0 heterocycles. The fraction of sp³-hybridized carbons (Fsp3) is 0.438. The highest BCUT2D eigenvalue weighted by Crippen LogP contribution is 2.21. The van der Waals surface area contributed by atoms with Gasteiger partial charge in [0.05, 0.1) is 0 Å². The smallest absolute Gasteiger partial charge is 0.227 e. The number of hydrogen-bond donors (Lipinski definition) is 1. The number of carbonyl (C=O) groups is 1. The first-order valence-electron chi connectivity index (χ1n) is 6.72. The molecule has 0 fully saturated rings. The number of allylic oxidation sites excluding steroid dienone is 2. The molecule has 1 aromatic rings. The van der Waals surface area contributed by atoms with E-state index in [0.717, 1.165) is 24.9 Å². The summed E-state index contributed by atoms with van der Waals surface area (Å²) in [6.45, 7) is 4.34. The maximum absolute atomic E-state index is 12.0. The van der Waals surface area contributed by atoms with Gasteiger partial charge in [0.15, 0.2) is 0 Å². The van der Waals surface area contributed by atoms with Gasteiger partial charge < -0.3 is 5.32 Å². The van der Waals surface area contributed by atoms with E-state index >= 15 is 0 Å². The van der Waals surface area contributed by atoms with Crippen molar-refractivity contribution < 1.29 is 4.79 Å². The molecule has 0 spiro atoms. The highest BCUT2D eigenvalue weighted by molar-refractivity contribution is 5.92. The molecular formula is C16H21NO. The van der Waals surface area contributed by atoms with Gasteiger partial charge in [0.25, 0.3) is 0 Å². The van der Waals surface area contributed by atoms with E-state index in [4.69, 9.17) is 0 Å². The molecule has 2 heteroatoms. The average molecular weight is 243 g/mol. The van der Waals surface area contributed by atoms with E-state index in [2.05, 4.69) is 43.4 Å². The average Bonchev–Trinajstić information content (AvgIpc) is 2.40. The van der Waals surface area contributed by atoms with Crippen molar-refractivity contribution in [1.29, 1.82) is 0 Å². The summed E-state index contributed by atoms with van der Waals surface area (Å²) in [5.74, 6) is 0.814. The number of rotatable bonds is 3. The molecule has 96 valence electrons. The molecule has 1 aliphatic rings. The molecule has 0 saturated heterocycles. The lowest BCUT2D eigenvalue weighted by atomic mass is 9.93. The van der Waals surface area contributed by atoms with Crippen molar-refractivity contribution in [3.8, 4) is 0 Å². The Labute approximate surface area is 109 Å². The first-order valence-corrected chi connectivity index (χ1v) is 6.72. The summed E-state index contributed by atoms with van der Waals surface area (Å²) >= 11 is 0. The minimum Gasteiger partial charge on any atom is -0.326 e. The van der Waals surface area contributed by atoms with Crippen molar-refractivity contribution in [1.82, 2.24) is 0 Å². The second kappa shape index (κ2) is 5.85. The van der Waals surface area contributed by atoms with Gasteiger partial charge in [-0.2, -0.15) is 0 Å². The summed E-state index contributed by atoms with van der Waals surface area (Å²) in [5.41, 5.74) is 2.20. The highest BCUT2D eigenvalue weighted by atomic mass is 16.1. The highest BCUT2D eigenvalue weighted by Gasteiger charge is 2.18. The largest absolute Gasteiger partial charge is 0.326 e. The van der Waals surface area contributed by atoms with Crippen molar-refractivity contribution in [2.75, 3.05) is 5.32 Å². The Morgan fingerprint density at radius 2 is 1.94 bits per heavy atom. The zero-order valence-electron chi connectivity index (χ0n) is 11.1. The lowest BCUT2D eigenvalue weighted by Crippen LogP contribution is -2.23. The predicted molar refractivity (Wildman–Crippen MR) is 75.6 cm³/mol. The van der Waals surface area contributed by atoms with E-state index in [0.29, 0.717) is 5.92 Å². The first kappa shape index (κ1) is 12.9. The zero-order chi connectivity index (χ0) is 13.0. The monoisotopic (exact) mass is 243 g/mol. The summed E-state index contributed by atoms with van der Waals surface area (Å²) in [6, 6.07) is 8.15. The van der Waals surface area contributed by atoms with Crippen molar-refractivity contribution in [2.24, 2.45) is 5.92 Å². The fourth-order valence-electron chi connectivity index (χ4n) is 2.23. The Kier molecular flexibility index (Phi) is 4.19. The van der Waals surface area contributed by atoms with Crippen LogP contribution in [0.25, 0.3) is 0 Å². The molecule has 0 bridgehead atoms. The summed E-state index contributed by atoms with van der Waals surface area (Å²) in [5, 5.41) is 3.00. The third-order valence-electron chi connectivity index (χ3n) is 3.48. The van der Waals surface area contributed by atoms with Gasteiger partial charge in [-0.15, -0.1) is 0 Å². The molecular weight excluding hydrogens is 222 g/mol. The second-order valence-corrected chi connectivity index (χ2v) is 5.25. The Morgan fingerprint density at radius 1 is 1.22 bits per heavy atom. The lowest BCUT2D eigenvalue weighted by Gasteiger charge is -2.17. The van der Waals surface area contributed by atoms with E-state index < -0.39 is 0 Å². The normalized spacial score (nSPS) is 18.9. The molecule has 0 saturated carbocycles. The number of nitrogens with one attached hydrogen (secondary N) is 1. The van der Waals surface area contributed by atoms with Gasteiger partial charge in [0, 0.05) is 11.6 Å². The summed E-state index contributed by atoms with van der Waals surface area (Å²) in [4.78, 5) is 12.0. The van der Waals surface area contributed by atoms with Crippen LogP contribution in [0.4, 0.5) is 5.69 Å². The summed E-state index contributed by atoms with van der Waals surface area (Å²) < 4.78 is 0. The van der Waals surface area contributed by atoms with Gasteiger partial charge >= 0.3 is 0 Å². The molecule has 18 heavy (non-hydrogen) atoms. The van der Waals surface area contributed by atoms with Crippen LogP contribution in [0.1, 0.15) is 44.6 Å². The quantitative estimate of drug-likeness (QED) is 0.795. The van der Waals surface area contributed by atoms with Gasteiger partial charge in [-0.1, -0.05) is 38.1 Å². The third kappa shape index (κ3) is 3.22. The number of anilines is 1. The Bertz CT molecular complexity index is 431. The Morgan fingerprint density at radius 3 is 2.50 bits per heavy atom. The lowest BCUT2D eigenvalue weighted by molar-refractivity contribution is -0.120. The molecule has 2 rings (SSSR count). The number of amides is 1. The zero-order valence-corrected chi connectivity index (χ0v) is 11.1. The second-order valence-electron chi connectivity index (χ2n) is 5.25. The number of benzene rings is 1. The standard InChI is InChI=1S/C16H21NO/c1-12(2)13-8-10-15(11-9-13)17-16(18)14-6-4-3-5-7-14/h3-4,8-12,14H,5-7H2,1-2H3,(H,17,18)/t14-/m0/s1. The molecule has 1 amide bonds. The van der Waals surface area contributed by atoms with Gasteiger partial charge in [-0.05, 0) is 42.9 Å². The van der Waals surface area contributed by atoms with Crippen LogP contribution in [0.2, 0.25) is 0 Å². The number of hydrogen-bond acceptors (Lipinski definition) is 1. The van der Waals surface area contributed by atoms with Crippen molar-refractivity contribution in [3.05, 3.63) is 42.0 Å². The summed E-state index contributed by atoms with van der Waals surface area (Å²) in [6.07, 6.45) is 7.11.